The lowest BCUT2D eigenvalue weighted by Gasteiger charge is -2.29. The number of hydrogen-bond donors (Lipinski definition) is 1. The highest BCUT2D eigenvalue weighted by Gasteiger charge is 2.34. The molecule has 0 spiro atoms. The van der Waals surface area contributed by atoms with E-state index in [1.165, 1.54) is 18.2 Å². The van der Waals surface area contributed by atoms with Crippen LogP contribution in [0.5, 0.6) is 5.75 Å². The Morgan fingerprint density at radius 1 is 0.927 bits per heavy atom. The third kappa shape index (κ3) is 8.12. The number of halogens is 4. The summed E-state index contributed by atoms with van der Waals surface area (Å²) in [6.45, 7) is 3.41. The number of alkyl halides is 3. The Balaban J connectivity index is 1.57. The van der Waals surface area contributed by atoms with Crippen LogP contribution in [0.15, 0.2) is 97.1 Å². The maximum absolute atomic E-state index is 13.6. The van der Waals surface area contributed by atoms with E-state index < -0.39 is 17.7 Å². The van der Waals surface area contributed by atoms with Gasteiger partial charge in [-0.25, -0.2) is 4.79 Å². The normalized spacial score (nSPS) is 11.7. The topological polar surface area (TPSA) is 49.8 Å². The molecule has 0 fully saturated rings. The van der Waals surface area contributed by atoms with Gasteiger partial charge in [0.2, 0.25) is 0 Å². The van der Waals surface area contributed by atoms with Gasteiger partial charge in [-0.05, 0) is 53.8 Å². The van der Waals surface area contributed by atoms with Gasteiger partial charge in [-0.1, -0.05) is 90.5 Å². The second-order valence-corrected chi connectivity index (χ2v) is 10.3. The average molecular weight is 582 g/mol. The molecule has 4 nitrogen and oxygen atoms in total. The molecule has 8 heteroatoms. The number of aryl methyl sites for hydroxylation is 1. The standard InChI is InChI=1S/C33H31ClF3NO3/c1-23-16-17-26(32(39)40)20-30(23)41-19-9-18-38(21-27-14-8-15-29(31(27)34)33(35,36)37)22-28(24-10-4-2-5-11-24)25-12-6-3-7-13-25/h2-8,10-17,20,28H,9,18-19,21-22H2,1H3,(H,39,40). The number of aromatic carboxylic acids is 1. The molecule has 0 aliphatic rings. The van der Waals surface area contributed by atoms with Gasteiger partial charge in [-0.3, -0.25) is 4.90 Å². The highest BCUT2D eigenvalue weighted by molar-refractivity contribution is 6.32. The minimum Gasteiger partial charge on any atom is -0.493 e. The molecular formula is C33H31ClF3NO3. The van der Waals surface area contributed by atoms with Gasteiger partial charge in [0.25, 0.3) is 0 Å². The summed E-state index contributed by atoms with van der Waals surface area (Å²) < 4.78 is 46.7. The fraction of sp³-hybridized carbons (Fsp3) is 0.242. The molecule has 4 aromatic carbocycles. The van der Waals surface area contributed by atoms with Crippen molar-refractivity contribution in [3.8, 4) is 5.75 Å². The smallest absolute Gasteiger partial charge is 0.417 e. The first-order valence-electron chi connectivity index (χ1n) is 13.3. The van der Waals surface area contributed by atoms with Crippen molar-refractivity contribution < 1.29 is 27.8 Å². The molecule has 0 radical (unpaired) electrons. The summed E-state index contributed by atoms with van der Waals surface area (Å²) in [5.74, 6) is -0.576. The lowest BCUT2D eigenvalue weighted by atomic mass is 9.90. The van der Waals surface area contributed by atoms with Gasteiger partial charge in [0.1, 0.15) is 5.75 Å². The van der Waals surface area contributed by atoms with Crippen molar-refractivity contribution in [2.24, 2.45) is 0 Å². The van der Waals surface area contributed by atoms with E-state index in [-0.39, 0.29) is 23.0 Å². The number of carboxylic acids is 1. The highest BCUT2D eigenvalue weighted by Crippen LogP contribution is 2.37. The Labute approximate surface area is 243 Å². The molecule has 4 aromatic rings. The number of carbonyl (C=O) groups is 1. The van der Waals surface area contributed by atoms with Crippen LogP contribution < -0.4 is 4.74 Å². The van der Waals surface area contributed by atoms with Crippen molar-refractivity contribution in [3.63, 3.8) is 0 Å². The molecule has 0 aliphatic carbocycles. The van der Waals surface area contributed by atoms with Gasteiger partial charge in [-0.2, -0.15) is 13.2 Å². The molecule has 1 N–H and O–H groups in total. The van der Waals surface area contributed by atoms with E-state index in [4.69, 9.17) is 16.3 Å². The lowest BCUT2D eigenvalue weighted by Crippen LogP contribution is -2.31. The van der Waals surface area contributed by atoms with Gasteiger partial charge in [0.05, 0.1) is 22.8 Å². The van der Waals surface area contributed by atoms with Crippen molar-refractivity contribution in [3.05, 3.63) is 135 Å². The molecule has 214 valence electrons. The number of rotatable bonds is 12. The summed E-state index contributed by atoms with van der Waals surface area (Å²) in [5.41, 5.74) is 2.69. The van der Waals surface area contributed by atoms with Crippen LogP contribution in [0.25, 0.3) is 0 Å². The van der Waals surface area contributed by atoms with Crippen molar-refractivity contribution in [1.29, 1.82) is 0 Å². The van der Waals surface area contributed by atoms with Crippen LogP contribution in [0.3, 0.4) is 0 Å². The fourth-order valence-corrected chi connectivity index (χ4v) is 5.08. The first-order chi connectivity index (χ1) is 19.6. The van der Waals surface area contributed by atoms with Crippen LogP contribution >= 0.6 is 11.6 Å². The third-order valence-electron chi connectivity index (χ3n) is 6.93. The predicted molar refractivity (Wildman–Crippen MR) is 155 cm³/mol. The van der Waals surface area contributed by atoms with Gasteiger partial charge >= 0.3 is 12.1 Å². The molecule has 0 bridgehead atoms. The molecule has 0 atom stereocenters. The summed E-state index contributed by atoms with van der Waals surface area (Å²) in [6.07, 6.45) is -3.99. The molecular weight excluding hydrogens is 551 g/mol. The molecule has 0 saturated carbocycles. The molecule has 0 unspecified atom stereocenters. The van der Waals surface area contributed by atoms with Crippen LogP contribution in [0, 0.1) is 6.92 Å². The monoisotopic (exact) mass is 581 g/mol. The number of hydrogen-bond acceptors (Lipinski definition) is 3. The van der Waals surface area contributed by atoms with E-state index >= 15 is 0 Å². The highest BCUT2D eigenvalue weighted by atomic mass is 35.5. The Kier molecular flexibility index (Phi) is 10.1. The quantitative estimate of drug-likeness (QED) is 0.170. The van der Waals surface area contributed by atoms with Crippen LogP contribution in [-0.2, 0) is 12.7 Å². The minimum absolute atomic E-state index is 0.0302. The molecule has 0 saturated heterocycles. The van der Waals surface area contributed by atoms with E-state index in [0.717, 1.165) is 22.8 Å². The zero-order valence-electron chi connectivity index (χ0n) is 22.6. The van der Waals surface area contributed by atoms with Crippen molar-refractivity contribution >= 4 is 17.6 Å². The van der Waals surface area contributed by atoms with Gasteiger partial charge in [0, 0.05) is 25.6 Å². The van der Waals surface area contributed by atoms with E-state index in [2.05, 4.69) is 29.2 Å². The van der Waals surface area contributed by atoms with E-state index in [9.17, 15) is 23.1 Å². The molecule has 4 rings (SSSR count). The fourth-order valence-electron chi connectivity index (χ4n) is 4.79. The minimum atomic E-state index is -4.55. The Morgan fingerprint density at radius 2 is 1.56 bits per heavy atom. The Bertz CT molecular complexity index is 1410. The lowest BCUT2D eigenvalue weighted by molar-refractivity contribution is -0.137. The number of nitrogens with zero attached hydrogens (tertiary/aromatic N) is 1. The van der Waals surface area contributed by atoms with Gasteiger partial charge in [0.15, 0.2) is 0 Å². The summed E-state index contributed by atoms with van der Waals surface area (Å²) in [5, 5.41) is 9.01. The number of benzene rings is 4. The zero-order chi connectivity index (χ0) is 29.4. The van der Waals surface area contributed by atoms with Crippen molar-refractivity contribution in [1.82, 2.24) is 4.90 Å². The number of ether oxygens (including phenoxy) is 1. The number of carboxylic acid groups (broad SMARTS) is 1. The summed E-state index contributed by atoms with van der Waals surface area (Å²) in [7, 11) is 0. The van der Waals surface area contributed by atoms with Crippen LogP contribution in [0.2, 0.25) is 5.02 Å². The third-order valence-corrected chi connectivity index (χ3v) is 7.38. The van der Waals surface area contributed by atoms with Gasteiger partial charge < -0.3 is 9.84 Å². The van der Waals surface area contributed by atoms with E-state index in [1.54, 1.807) is 12.1 Å². The molecule has 0 aromatic heterocycles. The van der Waals surface area contributed by atoms with Crippen LogP contribution in [0.1, 0.15) is 50.5 Å². The van der Waals surface area contributed by atoms with Gasteiger partial charge in [-0.15, -0.1) is 0 Å². The maximum Gasteiger partial charge on any atom is 0.417 e. The maximum atomic E-state index is 13.6. The van der Waals surface area contributed by atoms with E-state index in [0.29, 0.717) is 37.4 Å². The largest absolute Gasteiger partial charge is 0.493 e. The van der Waals surface area contributed by atoms with E-state index in [1.807, 2.05) is 43.3 Å². The van der Waals surface area contributed by atoms with Crippen LogP contribution in [-0.4, -0.2) is 35.7 Å². The van der Waals surface area contributed by atoms with Crippen LogP contribution in [0.4, 0.5) is 13.2 Å². The van der Waals surface area contributed by atoms with Crippen molar-refractivity contribution in [2.75, 3.05) is 19.7 Å². The summed E-state index contributed by atoms with van der Waals surface area (Å²) in [4.78, 5) is 13.5. The summed E-state index contributed by atoms with van der Waals surface area (Å²) in [6, 6.07) is 28.7. The average Bonchev–Trinajstić information content (AvgIpc) is 2.95. The molecule has 0 amide bonds. The molecule has 0 heterocycles. The molecule has 41 heavy (non-hydrogen) atoms. The second-order valence-electron chi connectivity index (χ2n) is 9.87. The predicted octanol–water partition coefficient (Wildman–Crippen LogP) is 8.47. The first kappa shape index (κ1) is 30.2. The molecule has 0 aliphatic heterocycles. The first-order valence-corrected chi connectivity index (χ1v) is 13.6. The second kappa shape index (κ2) is 13.7. The van der Waals surface area contributed by atoms with Crippen molar-refractivity contribution in [2.45, 2.75) is 32.0 Å². The zero-order valence-corrected chi connectivity index (χ0v) is 23.3. The SMILES string of the molecule is Cc1ccc(C(=O)O)cc1OCCCN(Cc1cccc(C(F)(F)F)c1Cl)CC(c1ccccc1)c1ccccc1. The summed E-state index contributed by atoms with van der Waals surface area (Å²) >= 11 is 6.29. The Hall–Kier alpha value is -3.81. The Morgan fingerprint density at radius 3 is 2.15 bits per heavy atom.